The molecule has 1 aliphatic carbocycles. The molecule has 4 nitrogen and oxygen atoms in total. The van der Waals surface area contributed by atoms with E-state index in [4.69, 9.17) is 4.42 Å². The van der Waals surface area contributed by atoms with Crippen LogP contribution in [-0.4, -0.2) is 16.7 Å². The molecule has 0 atom stereocenters. The van der Waals surface area contributed by atoms with Crippen molar-refractivity contribution in [1.29, 1.82) is 0 Å². The minimum absolute atomic E-state index is 0.259. The van der Waals surface area contributed by atoms with E-state index in [0.29, 0.717) is 18.4 Å². The molecule has 0 spiro atoms. The van der Waals surface area contributed by atoms with Crippen LogP contribution in [0.25, 0.3) is 0 Å². The molecule has 1 aromatic heterocycles. The molecule has 0 radical (unpaired) electrons. The monoisotopic (exact) mass is 223 g/mol. The Bertz CT molecular complexity index is 367. The minimum atomic E-state index is 0.259. The van der Waals surface area contributed by atoms with E-state index < -0.39 is 0 Å². The third-order valence-electron chi connectivity index (χ3n) is 4.28. The Labute approximate surface area is 96.8 Å². The van der Waals surface area contributed by atoms with Gasteiger partial charge in [0, 0.05) is 5.92 Å². The van der Waals surface area contributed by atoms with Gasteiger partial charge in [0.05, 0.1) is 6.54 Å². The molecule has 16 heavy (non-hydrogen) atoms. The van der Waals surface area contributed by atoms with E-state index in [0.717, 1.165) is 12.4 Å². The van der Waals surface area contributed by atoms with Crippen molar-refractivity contribution in [3.05, 3.63) is 11.8 Å². The molecule has 1 aromatic rings. The lowest BCUT2D eigenvalue weighted by Crippen LogP contribution is -2.11. The van der Waals surface area contributed by atoms with Crippen LogP contribution in [0.2, 0.25) is 0 Å². The molecule has 1 heterocycles. The molecule has 0 amide bonds. The van der Waals surface area contributed by atoms with E-state index in [2.05, 4.69) is 50.1 Å². The van der Waals surface area contributed by atoms with Crippen LogP contribution < -0.4 is 5.32 Å². The highest BCUT2D eigenvalue weighted by atomic mass is 16.4. The lowest BCUT2D eigenvalue weighted by Gasteiger charge is -2.03. The Hall–Kier alpha value is -0.900. The second-order valence-electron chi connectivity index (χ2n) is 5.69. The highest BCUT2D eigenvalue weighted by molar-refractivity contribution is 5.24. The molecule has 2 rings (SSSR count). The number of rotatable bonds is 4. The molecule has 0 saturated heterocycles. The summed E-state index contributed by atoms with van der Waals surface area (Å²) in [7, 11) is 0. The molecule has 0 aromatic carbocycles. The number of hydrogen-bond acceptors (Lipinski definition) is 4. The van der Waals surface area contributed by atoms with Gasteiger partial charge in [-0.15, -0.1) is 10.2 Å². The van der Waals surface area contributed by atoms with Gasteiger partial charge in [0.15, 0.2) is 0 Å². The molecular weight excluding hydrogens is 202 g/mol. The number of hydrogen-bond donors (Lipinski definition) is 1. The van der Waals surface area contributed by atoms with Crippen LogP contribution in [0.4, 0.5) is 0 Å². The van der Waals surface area contributed by atoms with E-state index in [1.165, 1.54) is 0 Å². The zero-order valence-electron chi connectivity index (χ0n) is 10.8. The summed E-state index contributed by atoms with van der Waals surface area (Å²) in [5.41, 5.74) is 0.518. The third kappa shape index (κ3) is 1.56. The van der Waals surface area contributed by atoms with Gasteiger partial charge in [-0.05, 0) is 17.4 Å². The lowest BCUT2D eigenvalue weighted by atomic mass is 10.0. The fourth-order valence-corrected chi connectivity index (χ4v) is 2.50. The Kier molecular flexibility index (Phi) is 2.57. The van der Waals surface area contributed by atoms with Crippen LogP contribution in [-0.2, 0) is 6.54 Å². The summed E-state index contributed by atoms with van der Waals surface area (Å²) < 4.78 is 5.70. The molecule has 1 fully saturated rings. The van der Waals surface area contributed by atoms with Crippen LogP contribution in [0, 0.1) is 10.8 Å². The Morgan fingerprint density at radius 3 is 2.31 bits per heavy atom. The third-order valence-corrected chi connectivity index (χ3v) is 4.28. The van der Waals surface area contributed by atoms with Gasteiger partial charge in [-0.25, -0.2) is 0 Å². The summed E-state index contributed by atoms with van der Waals surface area (Å²) in [5.74, 6) is 1.88. The van der Waals surface area contributed by atoms with Crippen LogP contribution in [0.1, 0.15) is 52.3 Å². The smallest absolute Gasteiger partial charge is 0.230 e. The summed E-state index contributed by atoms with van der Waals surface area (Å²) in [6.07, 6.45) is 0. The predicted octanol–water partition coefficient (Wildman–Crippen LogP) is 2.33. The minimum Gasteiger partial charge on any atom is -0.424 e. The second kappa shape index (κ2) is 3.55. The van der Waals surface area contributed by atoms with E-state index in [1.54, 1.807) is 0 Å². The molecule has 90 valence electrons. The van der Waals surface area contributed by atoms with Gasteiger partial charge in [-0.1, -0.05) is 34.6 Å². The molecule has 1 saturated carbocycles. The quantitative estimate of drug-likeness (QED) is 0.851. The molecule has 1 aliphatic rings. The van der Waals surface area contributed by atoms with Gasteiger partial charge in [-0.3, -0.25) is 0 Å². The van der Waals surface area contributed by atoms with E-state index in [9.17, 15) is 0 Å². The van der Waals surface area contributed by atoms with Crippen molar-refractivity contribution in [2.75, 3.05) is 6.54 Å². The van der Waals surface area contributed by atoms with Gasteiger partial charge in [-0.2, -0.15) is 0 Å². The molecule has 0 unspecified atom stereocenters. The topological polar surface area (TPSA) is 51.0 Å². The second-order valence-corrected chi connectivity index (χ2v) is 5.69. The number of aromatic nitrogens is 2. The van der Waals surface area contributed by atoms with Gasteiger partial charge < -0.3 is 9.73 Å². The Balaban J connectivity index is 2.10. The number of nitrogens with one attached hydrogen (secondary N) is 1. The van der Waals surface area contributed by atoms with E-state index in [1.807, 2.05) is 0 Å². The summed E-state index contributed by atoms with van der Waals surface area (Å²) in [5, 5.41) is 11.4. The Morgan fingerprint density at radius 2 is 1.81 bits per heavy atom. The summed E-state index contributed by atoms with van der Waals surface area (Å²) in [4.78, 5) is 0. The largest absolute Gasteiger partial charge is 0.424 e. The highest BCUT2D eigenvalue weighted by Gasteiger charge is 2.67. The van der Waals surface area contributed by atoms with Gasteiger partial charge in [0.1, 0.15) is 0 Å². The van der Waals surface area contributed by atoms with Crippen molar-refractivity contribution in [3.63, 3.8) is 0 Å². The fourth-order valence-electron chi connectivity index (χ4n) is 2.50. The first-order chi connectivity index (χ1) is 7.41. The zero-order chi connectivity index (χ0) is 12.0. The average Bonchev–Trinajstić information content (AvgIpc) is 2.56. The van der Waals surface area contributed by atoms with Crippen LogP contribution in [0.5, 0.6) is 0 Å². The van der Waals surface area contributed by atoms with Gasteiger partial charge >= 0.3 is 0 Å². The first-order valence-corrected chi connectivity index (χ1v) is 5.94. The van der Waals surface area contributed by atoms with Crippen LogP contribution >= 0.6 is 0 Å². The molecular formula is C12H21N3O. The standard InChI is InChI=1S/C12H21N3O/c1-6-13-7-8-14-15-10(16-8)9-11(2,3)12(9,4)5/h9,13H,6-7H2,1-5H3. The lowest BCUT2D eigenvalue weighted by molar-refractivity contribution is 0.419. The average molecular weight is 223 g/mol. The van der Waals surface area contributed by atoms with Gasteiger partial charge in [0.25, 0.3) is 0 Å². The van der Waals surface area contributed by atoms with Crippen LogP contribution in [0.3, 0.4) is 0 Å². The van der Waals surface area contributed by atoms with Crippen molar-refractivity contribution >= 4 is 0 Å². The molecule has 1 N–H and O–H groups in total. The normalized spacial score (nSPS) is 22.3. The highest BCUT2D eigenvalue weighted by Crippen LogP contribution is 2.73. The maximum Gasteiger partial charge on any atom is 0.230 e. The van der Waals surface area contributed by atoms with Crippen molar-refractivity contribution in [1.82, 2.24) is 15.5 Å². The van der Waals surface area contributed by atoms with Crippen molar-refractivity contribution in [2.24, 2.45) is 10.8 Å². The maximum absolute atomic E-state index is 5.70. The van der Waals surface area contributed by atoms with E-state index >= 15 is 0 Å². The van der Waals surface area contributed by atoms with Crippen molar-refractivity contribution in [2.45, 2.75) is 47.1 Å². The first kappa shape index (κ1) is 11.6. The first-order valence-electron chi connectivity index (χ1n) is 5.94. The zero-order valence-corrected chi connectivity index (χ0v) is 10.8. The predicted molar refractivity (Wildman–Crippen MR) is 62.0 cm³/mol. The summed E-state index contributed by atoms with van der Waals surface area (Å²) in [6.45, 7) is 12.7. The summed E-state index contributed by atoms with van der Waals surface area (Å²) >= 11 is 0. The number of nitrogens with zero attached hydrogens (tertiary/aromatic N) is 2. The Morgan fingerprint density at radius 1 is 1.19 bits per heavy atom. The SMILES string of the molecule is CCNCc1nnc(C2C(C)(C)C2(C)C)o1. The van der Waals surface area contributed by atoms with Crippen molar-refractivity contribution < 1.29 is 4.42 Å². The molecule has 4 heteroatoms. The fraction of sp³-hybridized carbons (Fsp3) is 0.833. The maximum atomic E-state index is 5.70. The van der Waals surface area contributed by atoms with Crippen LogP contribution in [0.15, 0.2) is 4.42 Å². The van der Waals surface area contributed by atoms with Gasteiger partial charge in [0.2, 0.25) is 11.8 Å². The molecule has 0 bridgehead atoms. The van der Waals surface area contributed by atoms with E-state index in [-0.39, 0.29) is 10.8 Å². The summed E-state index contributed by atoms with van der Waals surface area (Å²) in [6, 6.07) is 0. The van der Waals surface area contributed by atoms with Crippen molar-refractivity contribution in [3.8, 4) is 0 Å². The molecule has 0 aliphatic heterocycles.